The first-order valence-corrected chi connectivity index (χ1v) is 38.2. The number of pyridine rings is 5. The number of alkyl carbamates (subject to hydrolysis) is 3. The number of carboxylic acid groups (broad SMARTS) is 3. The van der Waals surface area contributed by atoms with Gasteiger partial charge in [-0.15, -0.1) is 0 Å². The molecule has 0 aliphatic rings. The number of nitrogens with two attached hydrogens (primary N) is 1. The molecule has 46 heteroatoms. The van der Waals surface area contributed by atoms with E-state index in [4.69, 9.17) is 45.1 Å². The van der Waals surface area contributed by atoms with Crippen LogP contribution in [0.1, 0.15) is 137 Å². The summed E-state index contributed by atoms with van der Waals surface area (Å²) in [5.41, 5.74) is 1.63. The van der Waals surface area contributed by atoms with E-state index in [-0.39, 0.29) is 68.9 Å². The zero-order valence-electron chi connectivity index (χ0n) is 68.4. The Kier molecular flexibility index (Phi) is 48.1. The lowest BCUT2D eigenvalue weighted by molar-refractivity contribution is -0.155. The maximum atomic E-state index is 12.5. The third kappa shape index (κ3) is 49.5. The number of ether oxygens (including phenoxy) is 6. The highest BCUT2D eigenvalue weighted by Crippen LogP contribution is 2.33. The van der Waals surface area contributed by atoms with Crippen molar-refractivity contribution in [3.8, 4) is 0 Å². The lowest BCUT2D eigenvalue weighted by Gasteiger charge is -2.22. The average molecular weight is 1990 g/mol. The predicted molar refractivity (Wildman–Crippen MR) is 432 cm³/mol. The number of aliphatic hydroxyl groups is 2. The largest absolute Gasteiger partial charge is 0.480 e. The Morgan fingerprint density at radius 1 is 0.405 bits per heavy atom. The number of nitrogens with zero attached hydrogens (tertiary/aromatic N) is 5. The minimum absolute atomic E-state index is 0. The summed E-state index contributed by atoms with van der Waals surface area (Å²) in [6, 6.07) is 20.5. The van der Waals surface area contributed by atoms with E-state index in [9.17, 15) is 114 Å². The molecule has 0 saturated heterocycles. The first kappa shape index (κ1) is 115. The fourth-order valence-corrected chi connectivity index (χ4v) is 9.28. The minimum Gasteiger partial charge on any atom is -0.480 e. The van der Waals surface area contributed by atoms with E-state index >= 15 is 0 Å². The Morgan fingerprint density at radius 3 is 1.05 bits per heavy atom. The number of hydrogen-bond acceptors (Lipinski definition) is 23. The summed E-state index contributed by atoms with van der Waals surface area (Å²) in [7, 11) is 2.41. The van der Waals surface area contributed by atoms with E-state index in [0.29, 0.717) is 34.8 Å². The van der Waals surface area contributed by atoms with Gasteiger partial charge in [-0.1, -0.05) is 78.5 Å². The van der Waals surface area contributed by atoms with Gasteiger partial charge in [0.15, 0.2) is 12.2 Å². The summed E-state index contributed by atoms with van der Waals surface area (Å²) in [5, 5.41) is 51.6. The van der Waals surface area contributed by atoms with Crippen LogP contribution in [0.25, 0.3) is 0 Å². The smallest absolute Gasteiger partial charge is 0.417 e. The molecule has 0 fully saturated rings. The van der Waals surface area contributed by atoms with E-state index in [1.54, 1.807) is 86.6 Å². The molecule has 0 unspecified atom stereocenters. The summed E-state index contributed by atoms with van der Waals surface area (Å²) in [5.74, 6) is -6.06. The van der Waals surface area contributed by atoms with Crippen LogP contribution in [-0.2, 0) is 127 Å². The molecule has 10 N–H and O–H groups in total. The summed E-state index contributed by atoms with van der Waals surface area (Å²) in [6.45, 7) is 17.1. The van der Waals surface area contributed by atoms with Gasteiger partial charge in [-0.05, 0) is 169 Å². The fourth-order valence-electron chi connectivity index (χ4n) is 8.47. The summed E-state index contributed by atoms with van der Waals surface area (Å²) < 4.78 is 215. The summed E-state index contributed by atoms with van der Waals surface area (Å²) >= 11 is 5.22. The van der Waals surface area contributed by atoms with Crippen molar-refractivity contribution in [2.45, 2.75) is 199 Å². The van der Waals surface area contributed by atoms with Gasteiger partial charge in [-0.3, -0.25) is 24.7 Å². The fraction of sp³-hybridized carbons (Fsp3) is 0.425. The number of aliphatic hydroxyl groups excluding tert-OH is 2. The van der Waals surface area contributed by atoms with Crippen LogP contribution in [0.4, 0.5) is 80.2 Å². The molecule has 5 heterocycles. The van der Waals surface area contributed by atoms with Gasteiger partial charge in [0.05, 0.1) is 42.0 Å². The molecule has 0 aliphatic carbocycles. The minimum atomic E-state index is -4.52. The maximum Gasteiger partial charge on any atom is 0.417 e. The predicted octanol–water partition coefficient (Wildman–Crippen LogP) is 15.1. The molecule has 6 atom stereocenters. The molecule has 5 aromatic heterocycles. The first-order valence-electron chi connectivity index (χ1n) is 35.9. The average Bonchev–Trinajstić information content (AvgIpc) is 0.866. The zero-order chi connectivity index (χ0) is 96.0. The van der Waals surface area contributed by atoms with Crippen LogP contribution in [0.3, 0.4) is 0 Å². The molecule has 126 heavy (non-hydrogen) atoms. The van der Waals surface area contributed by atoms with Crippen LogP contribution in [0, 0.1) is 6.92 Å². The van der Waals surface area contributed by atoms with Gasteiger partial charge >= 0.3 is 85.0 Å². The topological polar surface area (TPSA) is 437 Å². The van der Waals surface area contributed by atoms with E-state index in [0.717, 1.165) is 77.9 Å². The number of esters is 3. The van der Waals surface area contributed by atoms with Gasteiger partial charge in [0.2, 0.25) is 0 Å². The quantitative estimate of drug-likeness (QED) is 0.00760. The number of nitrogens with one attached hydrogen (secondary N) is 3. The van der Waals surface area contributed by atoms with Gasteiger partial charge < -0.3 is 75.6 Å². The number of aryl methyl sites for hydroxylation is 1. The molecule has 0 radical (unpaired) electrons. The Morgan fingerprint density at radius 2 is 0.746 bits per heavy atom. The molecular formula is C80H94BrF15IN9O20. The molecule has 29 nitrogen and oxygen atoms in total. The molecule has 0 saturated carbocycles. The molecule has 698 valence electrons. The van der Waals surface area contributed by atoms with E-state index in [2.05, 4.69) is 66.3 Å². The van der Waals surface area contributed by atoms with E-state index in [1.807, 2.05) is 53.9 Å². The third-order valence-corrected chi connectivity index (χ3v) is 15.8. The monoisotopic (exact) mass is 1990 g/mol. The second kappa shape index (κ2) is 52.7. The number of methoxy groups -OCH3 is 2. The van der Waals surface area contributed by atoms with Gasteiger partial charge in [0, 0.05) is 90.3 Å². The summed E-state index contributed by atoms with van der Waals surface area (Å²) in [4.78, 5) is 119. The van der Waals surface area contributed by atoms with Gasteiger partial charge in [0.1, 0.15) is 52.2 Å². The van der Waals surface area contributed by atoms with E-state index < -0.39 is 166 Å². The lowest BCUT2D eigenvalue weighted by atomic mass is 10.1. The number of aromatic nitrogens is 5. The highest BCUT2D eigenvalue weighted by atomic mass is 127. The molecule has 0 spiro atoms. The molecule has 7 rings (SSSR count). The van der Waals surface area contributed by atoms with Gasteiger partial charge in [-0.25, -0.2) is 43.3 Å². The van der Waals surface area contributed by atoms with Crippen molar-refractivity contribution in [3.63, 3.8) is 0 Å². The van der Waals surface area contributed by atoms with Crippen LogP contribution in [0.15, 0.2) is 151 Å². The Labute approximate surface area is 734 Å². The van der Waals surface area contributed by atoms with Crippen LogP contribution in [0.2, 0.25) is 0 Å². The van der Waals surface area contributed by atoms with Crippen LogP contribution in [-0.4, -0.2) is 176 Å². The highest BCUT2D eigenvalue weighted by Gasteiger charge is 2.36. The Hall–Kier alpha value is -11.1. The highest BCUT2D eigenvalue weighted by molar-refractivity contribution is 14.1. The van der Waals surface area contributed by atoms with Crippen LogP contribution < -0.4 is 21.7 Å². The molecule has 2 aromatic carbocycles. The van der Waals surface area contributed by atoms with Crippen molar-refractivity contribution >= 4 is 92.6 Å². The SMILES string of the molecule is C.CC(C)(C)OC(=O)N[C@H](Cc1ccc(C(F)(F)F)cn1)C(=O)O.COC(=O)[C@@H](CI)NC(=O)OC(C)(C)C.COC(=O)[C@@H](Cc1ccc(C(F)(F)F)cn1)NC(=O)OC(C)(C)C.Cc1ccc(Br)nc1.N[C@H](Cc1ccc(C(F)(F)F)cn1)C(=O)O.O=C(O)[C@H](O)Cc1ccc(C(F)(F)F)cn1.O=C(OCc1ccccc1)[C@H](O)Cc1ccc(C(F)(F)F)cc1. The number of aliphatic carboxylic acids is 3. The van der Waals surface area contributed by atoms with Crippen molar-refractivity contribution in [2.75, 3.05) is 18.6 Å². The number of carbonyl (C=O) groups is 9. The molecule has 0 aliphatic heterocycles. The van der Waals surface area contributed by atoms with Crippen molar-refractivity contribution in [1.82, 2.24) is 40.9 Å². The van der Waals surface area contributed by atoms with Crippen molar-refractivity contribution in [1.29, 1.82) is 0 Å². The number of halogens is 17. The zero-order valence-corrected chi connectivity index (χ0v) is 72.1. The summed E-state index contributed by atoms with van der Waals surface area (Å²) in [6.07, 6.45) is -24.4. The number of carboxylic acids is 3. The Balaban J connectivity index is 0.00000147. The maximum absolute atomic E-state index is 12.5. The number of hydrogen-bond donors (Lipinski definition) is 9. The van der Waals surface area contributed by atoms with E-state index in [1.165, 1.54) is 24.8 Å². The Bertz CT molecular complexity index is 4420. The lowest BCUT2D eigenvalue weighted by Crippen LogP contribution is -2.45. The molecular weight excluding hydrogens is 1900 g/mol. The first-order chi connectivity index (χ1) is 57.4. The van der Waals surface area contributed by atoms with Gasteiger partial charge in [0.25, 0.3) is 0 Å². The second-order valence-corrected chi connectivity index (χ2v) is 30.3. The number of carbonyl (C=O) groups excluding carboxylic acids is 6. The normalized spacial score (nSPS) is 12.8. The number of rotatable bonds is 22. The number of benzene rings is 2. The molecule has 3 amide bonds. The van der Waals surface area contributed by atoms with Crippen LogP contribution in [0.5, 0.6) is 0 Å². The van der Waals surface area contributed by atoms with Crippen LogP contribution >= 0.6 is 38.5 Å². The third-order valence-electron chi connectivity index (χ3n) is 14.4. The number of alkyl halides is 16. The second-order valence-electron chi connectivity index (χ2n) is 28.6. The molecule has 0 bridgehead atoms. The van der Waals surface area contributed by atoms with Gasteiger partial charge in [-0.2, -0.15) is 65.9 Å². The standard InChI is InChI=1S/C17H15F3O3.C15H19F3N2O4.C14H17F3N2O4.C9H9F3N2O2.C9H8F3NO3.C9H16INO4.C6H6BrN.CH4/c18-17(19,20)14-8-6-12(7-9-14)10-15(21)16(22)23-11-13-4-2-1-3-5-13;1-14(2,3)24-13(22)20-11(12(21)23-4)7-10-6-5-9(8-19-10)15(16,17)18;1-13(2,3)23-12(22)19-10(11(20)21)6-9-5-4-8(7-18-9)14(15,16)17;10-9(11,12)5-1-2-6(14-4-5)3-7(13)8(15)16;10-9(11,12)5-1-2-6(13-4-5)3-7(14)8(15)16;1-9(2,3)15-8(13)11-6(5-10)7(12)14-4;1-5-2-3-6(7)8-4-5;/h1-9,15,21H,10-11H2;5-6,8,11H,7H2,1-4H3,(H,20,22);4-5,7,10H,6H2,1-3H3,(H,19,22)(H,20,21);1-2,4,7H,3,13H2,(H,15,16);1-2,4,7,14H,3H2,(H,15,16);6H,5H2,1-4H3,(H,11,13);2-4H,1H3;1H4/t15-;11-;10-;2*7-;6-;;/m111111../s1. The van der Waals surface area contributed by atoms with Crippen molar-refractivity contribution < 1.29 is 163 Å². The number of amides is 3. The molecule has 7 aromatic rings. The van der Waals surface area contributed by atoms with Crippen molar-refractivity contribution in [3.05, 3.63) is 218 Å². The van der Waals surface area contributed by atoms with Crippen molar-refractivity contribution in [2.24, 2.45) is 5.73 Å².